The fourth-order valence-corrected chi connectivity index (χ4v) is 7.92. The maximum absolute atomic E-state index is 14.2. The Kier molecular flexibility index (Phi) is 16.8. The molecule has 2 aromatic carbocycles. The minimum Gasteiger partial charge on any atom is -0.483 e. The van der Waals surface area contributed by atoms with Crippen LogP contribution in [0.1, 0.15) is 84.0 Å². The number of nitrogens with zero attached hydrogens (tertiary/aromatic N) is 2. The topological polar surface area (TPSA) is 208 Å². The van der Waals surface area contributed by atoms with E-state index in [4.69, 9.17) is 4.74 Å². The number of imidazole rings is 1. The molecule has 14 heteroatoms. The zero-order chi connectivity index (χ0) is 42.3. The Labute approximate surface area is 346 Å². The van der Waals surface area contributed by atoms with Crippen molar-refractivity contribution in [2.45, 2.75) is 116 Å². The fraction of sp³-hybridized carbons (Fsp3) is 0.511. The number of carbonyl (C=O) groups is 4. The van der Waals surface area contributed by atoms with Gasteiger partial charge in [0, 0.05) is 29.9 Å². The van der Waals surface area contributed by atoms with Crippen molar-refractivity contribution < 1.29 is 34.1 Å². The molecule has 4 amide bonds. The van der Waals surface area contributed by atoms with Crippen LogP contribution in [-0.4, -0.2) is 85.7 Å². The van der Waals surface area contributed by atoms with Gasteiger partial charge in [0.1, 0.15) is 23.9 Å². The monoisotopic (exact) mass is 811 g/mol. The maximum Gasteiger partial charge on any atom is 0.258 e. The molecule has 0 aliphatic heterocycles. The molecule has 0 bridgehead atoms. The van der Waals surface area contributed by atoms with Gasteiger partial charge in [-0.2, -0.15) is 0 Å². The highest BCUT2D eigenvalue weighted by molar-refractivity contribution is 5.91. The molecule has 1 fully saturated rings. The molecule has 318 valence electrons. The second-order valence-electron chi connectivity index (χ2n) is 16.2. The third-order valence-corrected chi connectivity index (χ3v) is 11.5. The molecule has 0 spiro atoms. The molecule has 0 radical (unpaired) electrons. The summed E-state index contributed by atoms with van der Waals surface area (Å²) in [5.41, 5.74) is 1.27. The molecular formula is C45H61N7O7. The van der Waals surface area contributed by atoms with E-state index in [1.54, 1.807) is 44.4 Å². The summed E-state index contributed by atoms with van der Waals surface area (Å²) >= 11 is 0. The number of rotatable bonds is 21. The van der Waals surface area contributed by atoms with Gasteiger partial charge in [0.05, 0.1) is 36.6 Å². The fourth-order valence-electron chi connectivity index (χ4n) is 7.92. The predicted octanol–water partition coefficient (Wildman–Crippen LogP) is 4.36. The SMILES string of the molecule is CC[C@H](C)[C@H](NC(=O)[C@H](C(C)C)[C@@H](O)[C@H](O)[C@@H](CC1CCCCC1)NC(=O)[C@H](Cc1cnc[nH]1)NC(=O)COc1cccc2ccccc12)C(=O)NCc1ccccn1. The predicted molar refractivity (Wildman–Crippen MR) is 225 cm³/mol. The van der Waals surface area contributed by atoms with Crippen molar-refractivity contribution in [2.75, 3.05) is 6.61 Å². The molecule has 7 atom stereocenters. The van der Waals surface area contributed by atoms with E-state index in [0.29, 0.717) is 30.0 Å². The minimum atomic E-state index is -1.60. The Morgan fingerprint density at radius 3 is 2.31 bits per heavy atom. The van der Waals surface area contributed by atoms with Gasteiger partial charge in [-0.15, -0.1) is 0 Å². The van der Waals surface area contributed by atoms with Gasteiger partial charge in [-0.05, 0) is 47.8 Å². The molecule has 2 heterocycles. The van der Waals surface area contributed by atoms with Gasteiger partial charge in [-0.3, -0.25) is 24.2 Å². The van der Waals surface area contributed by atoms with E-state index in [1.807, 2.05) is 56.3 Å². The standard InChI is InChI=1S/C45H61N7O7/c1-5-29(4)40(45(58)48-25-32-18-11-12-21-47-32)52-44(57)39(28(2)3)42(55)41(54)35(22-30-14-7-6-8-15-30)51-43(56)36(23-33-24-46-27-49-33)50-38(53)26-59-37-20-13-17-31-16-9-10-19-34(31)37/h9-13,16-21,24,27-30,35-36,39-42,54-55H,5-8,14-15,22-23,25-26H2,1-4H3,(H,46,49)(H,48,58)(H,50,53)(H,51,56)(H,52,57)/t29-,35+,36-,39+,40-,41+,42+/m0/s1. The second kappa shape index (κ2) is 22.1. The Morgan fingerprint density at radius 1 is 0.864 bits per heavy atom. The summed E-state index contributed by atoms with van der Waals surface area (Å²) in [4.78, 5) is 66.5. The summed E-state index contributed by atoms with van der Waals surface area (Å²) in [5.74, 6) is -3.19. The summed E-state index contributed by atoms with van der Waals surface area (Å²) in [6.45, 7) is 7.16. The number of nitrogens with one attached hydrogen (secondary N) is 5. The average molecular weight is 812 g/mol. The van der Waals surface area contributed by atoms with Crippen molar-refractivity contribution in [3.05, 3.63) is 90.8 Å². The van der Waals surface area contributed by atoms with Gasteiger partial charge >= 0.3 is 0 Å². The first-order chi connectivity index (χ1) is 28.4. The normalized spacial score (nSPS) is 16.9. The lowest BCUT2D eigenvalue weighted by molar-refractivity contribution is -0.141. The zero-order valence-electron chi connectivity index (χ0n) is 34.6. The molecule has 1 aliphatic carbocycles. The molecule has 0 saturated heterocycles. The van der Waals surface area contributed by atoms with Gasteiger partial charge in [-0.25, -0.2) is 4.98 Å². The lowest BCUT2D eigenvalue weighted by Gasteiger charge is -2.37. The Hall–Kier alpha value is -5.34. The van der Waals surface area contributed by atoms with Crippen molar-refractivity contribution in [3.8, 4) is 5.75 Å². The second-order valence-corrected chi connectivity index (χ2v) is 16.2. The van der Waals surface area contributed by atoms with Gasteiger partial charge < -0.3 is 41.2 Å². The van der Waals surface area contributed by atoms with E-state index < -0.39 is 59.9 Å². The van der Waals surface area contributed by atoms with Crippen molar-refractivity contribution in [1.82, 2.24) is 36.2 Å². The van der Waals surface area contributed by atoms with Crippen LogP contribution in [-0.2, 0) is 32.1 Å². The number of aliphatic hydroxyl groups excluding tert-OH is 2. The number of hydrogen-bond acceptors (Lipinski definition) is 9. The van der Waals surface area contributed by atoms with Crippen LogP contribution < -0.4 is 26.0 Å². The molecule has 1 aliphatic rings. The summed E-state index contributed by atoms with van der Waals surface area (Å²) < 4.78 is 5.91. The molecule has 5 rings (SSSR count). The molecule has 14 nitrogen and oxygen atoms in total. The number of hydrogen-bond donors (Lipinski definition) is 7. The van der Waals surface area contributed by atoms with E-state index in [1.165, 1.54) is 6.33 Å². The molecule has 4 aromatic rings. The molecule has 59 heavy (non-hydrogen) atoms. The quantitative estimate of drug-likeness (QED) is 0.0637. The lowest BCUT2D eigenvalue weighted by atomic mass is 9.79. The van der Waals surface area contributed by atoms with Crippen molar-refractivity contribution >= 4 is 34.4 Å². The Bertz CT molecular complexity index is 1930. The zero-order valence-corrected chi connectivity index (χ0v) is 34.6. The van der Waals surface area contributed by atoms with Crippen LogP contribution >= 0.6 is 0 Å². The highest BCUT2D eigenvalue weighted by Crippen LogP contribution is 2.30. The number of aromatic amines is 1. The first-order valence-electron chi connectivity index (χ1n) is 21.0. The summed E-state index contributed by atoms with van der Waals surface area (Å²) in [5, 5.41) is 37.2. The lowest BCUT2D eigenvalue weighted by Crippen LogP contribution is -2.59. The van der Waals surface area contributed by atoms with Crippen LogP contribution in [0.4, 0.5) is 0 Å². The van der Waals surface area contributed by atoms with Crippen LogP contribution in [0.2, 0.25) is 0 Å². The van der Waals surface area contributed by atoms with E-state index >= 15 is 0 Å². The van der Waals surface area contributed by atoms with E-state index in [9.17, 15) is 29.4 Å². The third kappa shape index (κ3) is 12.8. The number of fused-ring (bicyclic) bond motifs is 1. The largest absolute Gasteiger partial charge is 0.483 e. The third-order valence-electron chi connectivity index (χ3n) is 11.5. The van der Waals surface area contributed by atoms with Gasteiger partial charge in [-0.1, -0.05) is 109 Å². The highest BCUT2D eigenvalue weighted by atomic mass is 16.5. The van der Waals surface area contributed by atoms with E-state index in [2.05, 4.69) is 36.2 Å². The summed E-state index contributed by atoms with van der Waals surface area (Å²) in [6, 6.07) is 15.7. The number of pyridine rings is 1. The number of amides is 4. The van der Waals surface area contributed by atoms with Crippen LogP contribution in [0.25, 0.3) is 10.8 Å². The van der Waals surface area contributed by atoms with Gasteiger partial charge in [0.2, 0.25) is 17.7 Å². The summed E-state index contributed by atoms with van der Waals surface area (Å²) in [6.07, 6.45) is 7.45. The number of aliphatic hydroxyl groups is 2. The average Bonchev–Trinajstić information content (AvgIpc) is 3.76. The first kappa shape index (κ1) is 44.8. The molecule has 0 unspecified atom stereocenters. The number of ether oxygens (including phenoxy) is 1. The van der Waals surface area contributed by atoms with Crippen LogP contribution in [0.3, 0.4) is 0 Å². The van der Waals surface area contributed by atoms with Crippen molar-refractivity contribution in [2.24, 2.45) is 23.7 Å². The summed E-state index contributed by atoms with van der Waals surface area (Å²) in [7, 11) is 0. The van der Waals surface area contributed by atoms with E-state index in [-0.39, 0.29) is 37.3 Å². The Morgan fingerprint density at radius 2 is 1.61 bits per heavy atom. The van der Waals surface area contributed by atoms with E-state index in [0.717, 1.165) is 42.9 Å². The Balaban J connectivity index is 1.32. The number of aromatic nitrogens is 3. The number of carbonyl (C=O) groups excluding carboxylic acids is 4. The van der Waals surface area contributed by atoms with Crippen LogP contribution in [0.15, 0.2) is 79.4 Å². The van der Waals surface area contributed by atoms with Crippen molar-refractivity contribution in [3.63, 3.8) is 0 Å². The minimum absolute atomic E-state index is 0.0665. The molecule has 1 saturated carbocycles. The highest BCUT2D eigenvalue weighted by Gasteiger charge is 2.41. The molecule has 7 N–H and O–H groups in total. The maximum atomic E-state index is 14.2. The number of benzene rings is 2. The smallest absolute Gasteiger partial charge is 0.258 e. The van der Waals surface area contributed by atoms with Crippen LogP contribution in [0, 0.1) is 23.7 Å². The number of H-pyrrole nitrogens is 1. The van der Waals surface area contributed by atoms with Gasteiger partial charge in [0.15, 0.2) is 6.61 Å². The molecule has 2 aromatic heterocycles. The van der Waals surface area contributed by atoms with Crippen molar-refractivity contribution in [1.29, 1.82) is 0 Å². The van der Waals surface area contributed by atoms with Crippen LogP contribution in [0.5, 0.6) is 5.75 Å². The van der Waals surface area contributed by atoms with Gasteiger partial charge in [0.25, 0.3) is 5.91 Å². The molecular weight excluding hydrogens is 751 g/mol. The first-order valence-corrected chi connectivity index (χ1v) is 21.0.